The molecule has 12 aromatic rings. The van der Waals surface area contributed by atoms with Crippen LogP contribution in [0.5, 0.6) is 0 Å². The van der Waals surface area contributed by atoms with Crippen molar-refractivity contribution in [3.05, 3.63) is 182 Å². The lowest BCUT2D eigenvalue weighted by molar-refractivity contribution is 0.673. The van der Waals surface area contributed by atoms with E-state index in [0.717, 1.165) is 44.0 Å². The van der Waals surface area contributed by atoms with Gasteiger partial charge in [-0.25, -0.2) is 0 Å². The molecule has 0 atom stereocenters. The van der Waals surface area contributed by atoms with Crippen LogP contribution >= 0.6 is 0 Å². The molecule has 0 N–H and O–H groups in total. The number of furan rings is 1. The molecule has 0 saturated carbocycles. The summed E-state index contributed by atoms with van der Waals surface area (Å²) in [5.41, 5.74) is 11.2. The van der Waals surface area contributed by atoms with Crippen molar-refractivity contribution in [2.24, 2.45) is 0 Å². The molecule has 0 aliphatic heterocycles. The molecular formula is C50H30N2O. The molecule has 53 heavy (non-hydrogen) atoms. The first-order valence-electron chi connectivity index (χ1n) is 18.2. The van der Waals surface area contributed by atoms with Gasteiger partial charge in [0, 0.05) is 38.0 Å². The fourth-order valence-corrected chi connectivity index (χ4v) is 8.88. The van der Waals surface area contributed by atoms with E-state index in [2.05, 4.69) is 185 Å². The molecule has 9 aromatic carbocycles. The zero-order valence-electron chi connectivity index (χ0n) is 28.6. The molecule has 3 heteroatoms. The normalized spacial score (nSPS) is 12.2. The van der Waals surface area contributed by atoms with Crippen LogP contribution in [0.3, 0.4) is 0 Å². The van der Waals surface area contributed by atoms with E-state index in [1.165, 1.54) is 65.6 Å². The van der Waals surface area contributed by atoms with Crippen LogP contribution in [0.1, 0.15) is 0 Å². The van der Waals surface area contributed by atoms with Crippen LogP contribution in [0.15, 0.2) is 186 Å². The Morgan fingerprint density at radius 3 is 1.85 bits per heavy atom. The second kappa shape index (κ2) is 10.7. The second-order valence-corrected chi connectivity index (χ2v) is 14.1. The topological polar surface area (TPSA) is 23.0 Å². The summed E-state index contributed by atoms with van der Waals surface area (Å²) in [4.78, 5) is 0. The van der Waals surface area contributed by atoms with E-state index in [4.69, 9.17) is 4.42 Å². The van der Waals surface area contributed by atoms with E-state index in [-0.39, 0.29) is 0 Å². The molecular weight excluding hydrogens is 645 g/mol. The van der Waals surface area contributed by atoms with Crippen molar-refractivity contribution < 1.29 is 4.42 Å². The van der Waals surface area contributed by atoms with Crippen LogP contribution in [-0.4, -0.2) is 9.13 Å². The van der Waals surface area contributed by atoms with Gasteiger partial charge >= 0.3 is 0 Å². The molecule has 0 saturated heterocycles. The number of fused-ring (bicyclic) bond motifs is 12. The first-order chi connectivity index (χ1) is 26.3. The van der Waals surface area contributed by atoms with Gasteiger partial charge in [-0.05, 0) is 94.0 Å². The van der Waals surface area contributed by atoms with E-state index in [1.54, 1.807) is 0 Å². The average Bonchev–Trinajstić information content (AvgIpc) is 3.87. The van der Waals surface area contributed by atoms with Gasteiger partial charge in [0.25, 0.3) is 0 Å². The van der Waals surface area contributed by atoms with E-state index in [0.29, 0.717) is 0 Å². The molecule has 0 bridgehead atoms. The Morgan fingerprint density at radius 1 is 0.340 bits per heavy atom. The molecule has 0 unspecified atom stereocenters. The van der Waals surface area contributed by atoms with Gasteiger partial charge in [-0.3, -0.25) is 0 Å². The van der Waals surface area contributed by atoms with E-state index >= 15 is 0 Å². The number of rotatable bonds is 3. The third-order valence-corrected chi connectivity index (χ3v) is 11.3. The smallest absolute Gasteiger partial charge is 0.145 e. The minimum atomic E-state index is 0.908. The first-order valence-corrected chi connectivity index (χ1v) is 18.2. The largest absolute Gasteiger partial charge is 0.455 e. The first kappa shape index (κ1) is 28.6. The highest BCUT2D eigenvalue weighted by atomic mass is 16.3. The van der Waals surface area contributed by atoms with Gasteiger partial charge in [-0.1, -0.05) is 115 Å². The summed E-state index contributed by atoms with van der Waals surface area (Å²) in [5, 5.41) is 12.0. The lowest BCUT2D eigenvalue weighted by Gasteiger charge is -2.12. The van der Waals surface area contributed by atoms with Crippen molar-refractivity contribution in [3.8, 4) is 22.5 Å². The Morgan fingerprint density at radius 2 is 0.981 bits per heavy atom. The molecule has 0 fully saturated rings. The molecule has 0 radical (unpaired) electrons. The van der Waals surface area contributed by atoms with E-state index < -0.39 is 0 Å². The molecule has 0 spiro atoms. The Kier molecular flexibility index (Phi) is 5.77. The van der Waals surface area contributed by atoms with Gasteiger partial charge in [0.1, 0.15) is 11.2 Å². The van der Waals surface area contributed by atoms with Gasteiger partial charge in [-0.15, -0.1) is 0 Å². The lowest BCUT2D eigenvalue weighted by Crippen LogP contribution is -1.95. The Balaban J connectivity index is 1.12. The van der Waals surface area contributed by atoms with Gasteiger partial charge in [0.05, 0.1) is 33.1 Å². The zero-order chi connectivity index (χ0) is 34.6. The summed E-state index contributed by atoms with van der Waals surface area (Å²) in [6, 6.07) is 66.1. The fraction of sp³-hybridized carbons (Fsp3) is 0. The number of benzene rings is 9. The molecule has 0 aliphatic carbocycles. The SMILES string of the molecule is c1ccc2cc(-n3c4ccccc4c4cc(-c5ccc6c(c5)c5c7oc8ccccc8c7ccc5n6-c5cccc6ccccc56)ccc43)ccc2c1. The maximum atomic E-state index is 6.72. The van der Waals surface area contributed by atoms with Crippen LogP contribution in [0, 0.1) is 0 Å². The predicted octanol–water partition coefficient (Wildman–Crippen LogP) is 13.8. The molecule has 12 rings (SSSR count). The van der Waals surface area contributed by atoms with Crippen LogP contribution in [0.2, 0.25) is 0 Å². The Hall–Kier alpha value is -7.10. The van der Waals surface area contributed by atoms with Crippen molar-refractivity contribution in [2.75, 3.05) is 0 Å². The average molecular weight is 675 g/mol. The van der Waals surface area contributed by atoms with Gasteiger partial charge < -0.3 is 13.6 Å². The third kappa shape index (κ3) is 4.05. The van der Waals surface area contributed by atoms with E-state index in [9.17, 15) is 0 Å². The monoisotopic (exact) mass is 674 g/mol. The number of aromatic nitrogens is 2. The molecule has 0 aliphatic rings. The molecule has 3 aromatic heterocycles. The Labute approximate surface area is 304 Å². The highest BCUT2D eigenvalue weighted by Crippen LogP contribution is 2.43. The zero-order valence-corrected chi connectivity index (χ0v) is 28.6. The minimum absolute atomic E-state index is 0.908. The summed E-state index contributed by atoms with van der Waals surface area (Å²) in [5.74, 6) is 0. The summed E-state index contributed by atoms with van der Waals surface area (Å²) in [6.07, 6.45) is 0. The van der Waals surface area contributed by atoms with Crippen molar-refractivity contribution in [2.45, 2.75) is 0 Å². The van der Waals surface area contributed by atoms with Crippen molar-refractivity contribution in [3.63, 3.8) is 0 Å². The van der Waals surface area contributed by atoms with Crippen LogP contribution in [0.4, 0.5) is 0 Å². The van der Waals surface area contributed by atoms with Crippen molar-refractivity contribution in [1.82, 2.24) is 9.13 Å². The van der Waals surface area contributed by atoms with Gasteiger partial charge in [-0.2, -0.15) is 0 Å². The van der Waals surface area contributed by atoms with Crippen molar-refractivity contribution in [1.29, 1.82) is 0 Å². The summed E-state index contributed by atoms with van der Waals surface area (Å²) in [7, 11) is 0. The molecule has 246 valence electrons. The summed E-state index contributed by atoms with van der Waals surface area (Å²) < 4.78 is 11.5. The lowest BCUT2D eigenvalue weighted by atomic mass is 10.00. The molecule has 3 heterocycles. The van der Waals surface area contributed by atoms with Crippen LogP contribution in [0.25, 0.3) is 110 Å². The fourth-order valence-electron chi connectivity index (χ4n) is 8.88. The van der Waals surface area contributed by atoms with Crippen LogP contribution < -0.4 is 0 Å². The number of hydrogen-bond donors (Lipinski definition) is 0. The maximum Gasteiger partial charge on any atom is 0.145 e. The third-order valence-electron chi connectivity index (χ3n) is 11.3. The summed E-state index contributed by atoms with van der Waals surface area (Å²) in [6.45, 7) is 0. The van der Waals surface area contributed by atoms with E-state index in [1.807, 2.05) is 6.07 Å². The molecule has 0 amide bonds. The summed E-state index contributed by atoms with van der Waals surface area (Å²) >= 11 is 0. The maximum absolute atomic E-state index is 6.72. The Bertz CT molecular complexity index is 3460. The quantitative estimate of drug-likeness (QED) is 0.183. The number of nitrogens with zero attached hydrogens (tertiary/aromatic N) is 2. The highest BCUT2D eigenvalue weighted by molar-refractivity contribution is 6.24. The van der Waals surface area contributed by atoms with Crippen molar-refractivity contribution >= 4 is 87.1 Å². The number of hydrogen-bond acceptors (Lipinski definition) is 1. The number of para-hydroxylation sites is 2. The molecule has 3 nitrogen and oxygen atoms in total. The minimum Gasteiger partial charge on any atom is -0.455 e. The van der Waals surface area contributed by atoms with Gasteiger partial charge in [0.15, 0.2) is 0 Å². The van der Waals surface area contributed by atoms with Gasteiger partial charge in [0.2, 0.25) is 0 Å². The second-order valence-electron chi connectivity index (χ2n) is 14.1. The van der Waals surface area contributed by atoms with Crippen LogP contribution in [-0.2, 0) is 0 Å². The standard InChI is InChI=1S/C50H30N2O/c1-2-12-33-28-36(23-20-31(33)10-1)51-44-17-7-5-15-38(44)41-29-34(21-25-45(41)51)35-22-26-46-42(30-35)49-47(27-24-40-39-16-6-8-19-48(39)53-50(40)49)52(46)43-18-9-13-32-11-3-4-14-37(32)43/h1-30H. The highest BCUT2D eigenvalue weighted by Gasteiger charge is 2.21. The predicted molar refractivity (Wildman–Crippen MR) is 223 cm³/mol.